The van der Waals surface area contributed by atoms with Crippen molar-refractivity contribution in [2.75, 3.05) is 7.11 Å². The van der Waals surface area contributed by atoms with Gasteiger partial charge in [0, 0.05) is 0 Å². The number of halogens is 2. The number of methoxy groups -OCH3 is 1. The van der Waals surface area contributed by atoms with E-state index in [9.17, 15) is 13.6 Å². The molecule has 0 aliphatic carbocycles. The van der Waals surface area contributed by atoms with Gasteiger partial charge in [-0.1, -0.05) is 12.1 Å². The number of rotatable bonds is 3. The molecule has 1 aromatic rings. The van der Waals surface area contributed by atoms with E-state index in [0.717, 1.165) is 0 Å². The molecule has 0 heterocycles. The van der Waals surface area contributed by atoms with Crippen molar-refractivity contribution < 1.29 is 18.3 Å². The zero-order valence-corrected chi connectivity index (χ0v) is 8.11. The van der Waals surface area contributed by atoms with Crippen LogP contribution in [0.15, 0.2) is 24.3 Å². The molecule has 2 N–H and O–H groups in total. The quantitative estimate of drug-likeness (QED) is 0.781. The molecule has 0 amide bonds. The molecule has 1 aromatic carbocycles. The van der Waals surface area contributed by atoms with Crippen molar-refractivity contribution in [3.63, 3.8) is 0 Å². The predicted molar refractivity (Wildman–Crippen MR) is 50.7 cm³/mol. The Kier molecular flexibility index (Phi) is 3.74. The zero-order valence-electron chi connectivity index (χ0n) is 8.11. The first kappa shape index (κ1) is 11.6. The van der Waals surface area contributed by atoms with Gasteiger partial charge in [0.05, 0.1) is 18.7 Å². The third-order valence-electron chi connectivity index (χ3n) is 1.99. The zero-order chi connectivity index (χ0) is 11.4. The van der Waals surface area contributed by atoms with Crippen molar-refractivity contribution in [1.29, 1.82) is 0 Å². The highest BCUT2D eigenvalue weighted by atomic mass is 19.3. The molecule has 1 rings (SSSR count). The minimum atomic E-state index is -2.62. The van der Waals surface area contributed by atoms with Crippen molar-refractivity contribution in [2.45, 2.75) is 12.5 Å². The fraction of sp³-hybridized carbons (Fsp3) is 0.300. The monoisotopic (exact) mass is 215 g/mol. The van der Waals surface area contributed by atoms with E-state index in [1.807, 2.05) is 0 Å². The van der Waals surface area contributed by atoms with Gasteiger partial charge in [-0.3, -0.25) is 0 Å². The molecule has 5 heteroatoms. The highest BCUT2D eigenvalue weighted by Crippen LogP contribution is 2.18. The molecule has 0 spiro atoms. The number of benzene rings is 1. The fourth-order valence-corrected chi connectivity index (χ4v) is 1.10. The van der Waals surface area contributed by atoms with E-state index >= 15 is 0 Å². The molecule has 1 atom stereocenters. The summed E-state index contributed by atoms with van der Waals surface area (Å²) >= 11 is 0. The fourth-order valence-electron chi connectivity index (χ4n) is 1.10. The number of hydrogen-bond acceptors (Lipinski definition) is 3. The SMILES string of the molecule is COC(=O)c1ccc(C(N)C(F)F)cc1. The number of alkyl halides is 2. The Hall–Kier alpha value is -1.49. The number of carbonyl (C=O) groups is 1. The number of carbonyl (C=O) groups excluding carboxylic acids is 1. The van der Waals surface area contributed by atoms with Gasteiger partial charge in [0.2, 0.25) is 0 Å². The second-order valence-electron chi connectivity index (χ2n) is 2.97. The standard InChI is InChI=1S/C10H11F2NO2/c1-15-10(14)7-4-2-6(3-5-7)8(13)9(11)12/h2-5,8-9H,13H2,1H3. The van der Waals surface area contributed by atoms with Crippen LogP contribution in [0.3, 0.4) is 0 Å². The Morgan fingerprint density at radius 3 is 2.27 bits per heavy atom. The molecule has 0 saturated carbocycles. The number of nitrogens with two attached hydrogens (primary N) is 1. The van der Waals surface area contributed by atoms with E-state index in [-0.39, 0.29) is 5.56 Å². The summed E-state index contributed by atoms with van der Waals surface area (Å²) in [5.41, 5.74) is 5.83. The van der Waals surface area contributed by atoms with Gasteiger partial charge in [-0.25, -0.2) is 13.6 Å². The van der Waals surface area contributed by atoms with Crippen LogP contribution in [0.1, 0.15) is 22.0 Å². The average Bonchev–Trinajstić information content (AvgIpc) is 2.27. The molecule has 1 unspecified atom stereocenters. The molecular formula is C10H11F2NO2. The van der Waals surface area contributed by atoms with Crippen LogP contribution >= 0.6 is 0 Å². The minimum absolute atomic E-state index is 0.289. The van der Waals surface area contributed by atoms with Gasteiger partial charge in [0.25, 0.3) is 6.43 Å². The molecule has 0 radical (unpaired) electrons. The van der Waals surface area contributed by atoms with E-state index in [1.54, 1.807) is 0 Å². The topological polar surface area (TPSA) is 52.3 Å². The summed E-state index contributed by atoms with van der Waals surface area (Å²) < 4.78 is 28.9. The summed E-state index contributed by atoms with van der Waals surface area (Å²) in [6, 6.07) is 4.27. The Labute approximate surface area is 85.8 Å². The average molecular weight is 215 g/mol. The molecule has 0 saturated heterocycles. The number of hydrogen-bond donors (Lipinski definition) is 1. The third-order valence-corrected chi connectivity index (χ3v) is 1.99. The first-order valence-electron chi connectivity index (χ1n) is 4.28. The molecule has 0 bridgehead atoms. The highest BCUT2D eigenvalue weighted by Gasteiger charge is 2.17. The predicted octanol–water partition coefficient (Wildman–Crippen LogP) is 1.74. The summed E-state index contributed by atoms with van der Waals surface area (Å²) in [7, 11) is 1.25. The molecule has 0 fully saturated rings. The molecule has 0 aromatic heterocycles. The lowest BCUT2D eigenvalue weighted by Gasteiger charge is -2.10. The van der Waals surface area contributed by atoms with Gasteiger partial charge in [-0.05, 0) is 17.7 Å². The summed E-state index contributed by atoms with van der Waals surface area (Å²) in [4.78, 5) is 11.0. The van der Waals surface area contributed by atoms with Gasteiger partial charge in [0.15, 0.2) is 0 Å². The largest absolute Gasteiger partial charge is 0.465 e. The van der Waals surface area contributed by atoms with E-state index in [0.29, 0.717) is 5.56 Å². The van der Waals surface area contributed by atoms with Crippen LogP contribution in [0.25, 0.3) is 0 Å². The van der Waals surface area contributed by atoms with E-state index in [2.05, 4.69) is 4.74 Å². The van der Waals surface area contributed by atoms with E-state index in [4.69, 9.17) is 5.73 Å². The first-order chi connectivity index (χ1) is 7.06. The van der Waals surface area contributed by atoms with Crippen molar-refractivity contribution in [1.82, 2.24) is 0 Å². The smallest absolute Gasteiger partial charge is 0.337 e. The molecular weight excluding hydrogens is 204 g/mol. The van der Waals surface area contributed by atoms with Crippen LogP contribution in [-0.2, 0) is 4.74 Å². The first-order valence-corrected chi connectivity index (χ1v) is 4.28. The Balaban J connectivity index is 2.85. The molecule has 15 heavy (non-hydrogen) atoms. The van der Waals surface area contributed by atoms with E-state index in [1.165, 1.54) is 31.4 Å². The second kappa shape index (κ2) is 4.84. The van der Waals surface area contributed by atoms with E-state index < -0.39 is 18.4 Å². The third kappa shape index (κ3) is 2.73. The summed E-state index contributed by atoms with van der Waals surface area (Å²) in [5, 5.41) is 0. The van der Waals surface area contributed by atoms with Crippen molar-refractivity contribution in [3.05, 3.63) is 35.4 Å². The van der Waals surface area contributed by atoms with Crippen molar-refractivity contribution >= 4 is 5.97 Å². The van der Waals surface area contributed by atoms with Crippen LogP contribution in [0, 0.1) is 0 Å². The van der Waals surface area contributed by atoms with Gasteiger partial charge in [-0.15, -0.1) is 0 Å². The van der Waals surface area contributed by atoms with Crippen LogP contribution < -0.4 is 5.73 Å². The minimum Gasteiger partial charge on any atom is -0.465 e. The lowest BCUT2D eigenvalue weighted by Crippen LogP contribution is -2.18. The Morgan fingerprint density at radius 2 is 1.87 bits per heavy atom. The number of ether oxygens (including phenoxy) is 1. The second-order valence-corrected chi connectivity index (χ2v) is 2.97. The molecule has 3 nitrogen and oxygen atoms in total. The molecule has 0 aliphatic rings. The van der Waals surface area contributed by atoms with Crippen LogP contribution in [0.4, 0.5) is 8.78 Å². The van der Waals surface area contributed by atoms with Gasteiger partial charge < -0.3 is 10.5 Å². The molecule has 0 aliphatic heterocycles. The lowest BCUT2D eigenvalue weighted by molar-refractivity contribution is 0.0600. The summed E-state index contributed by atoms with van der Waals surface area (Å²) in [5.74, 6) is -0.507. The van der Waals surface area contributed by atoms with Crippen LogP contribution in [-0.4, -0.2) is 19.5 Å². The maximum Gasteiger partial charge on any atom is 0.337 e. The molecule has 82 valence electrons. The van der Waals surface area contributed by atoms with Crippen LogP contribution in [0.2, 0.25) is 0 Å². The number of esters is 1. The van der Waals surface area contributed by atoms with Gasteiger partial charge >= 0.3 is 5.97 Å². The van der Waals surface area contributed by atoms with Crippen molar-refractivity contribution in [2.24, 2.45) is 5.73 Å². The summed E-state index contributed by atoms with van der Waals surface area (Å²) in [6.45, 7) is 0. The maximum absolute atomic E-state index is 12.2. The van der Waals surface area contributed by atoms with Crippen molar-refractivity contribution in [3.8, 4) is 0 Å². The highest BCUT2D eigenvalue weighted by molar-refractivity contribution is 5.89. The summed E-state index contributed by atoms with van der Waals surface area (Å²) in [6.07, 6.45) is -2.62. The lowest BCUT2D eigenvalue weighted by atomic mass is 10.1. The normalized spacial score (nSPS) is 12.6. The Morgan fingerprint density at radius 1 is 1.33 bits per heavy atom. The van der Waals surface area contributed by atoms with Gasteiger partial charge in [0.1, 0.15) is 0 Å². The van der Waals surface area contributed by atoms with Crippen LogP contribution in [0.5, 0.6) is 0 Å². The maximum atomic E-state index is 12.2. The Bertz CT molecular complexity index is 338. The van der Waals surface area contributed by atoms with Gasteiger partial charge in [-0.2, -0.15) is 0 Å².